The first-order valence-corrected chi connectivity index (χ1v) is 8.84. The van der Waals surface area contributed by atoms with Crippen LogP contribution in [0.3, 0.4) is 0 Å². The highest BCUT2D eigenvalue weighted by molar-refractivity contribution is 6.30. The van der Waals surface area contributed by atoms with Crippen LogP contribution in [0, 0.1) is 20.8 Å². The summed E-state index contributed by atoms with van der Waals surface area (Å²) in [6, 6.07) is 3.94. The standard InChI is InChI=1S/C19H24ClN3O/c1-12-10-16(20)11-15-6-5-9-23(19(12)15)18(24)8-7-17-13(2)21-22(4)14(17)3/h10-11H,5-9H2,1-4H3. The summed E-state index contributed by atoms with van der Waals surface area (Å²) in [5, 5.41) is 5.19. The van der Waals surface area contributed by atoms with Gasteiger partial charge in [0.05, 0.1) is 5.69 Å². The van der Waals surface area contributed by atoms with Crippen LogP contribution >= 0.6 is 11.6 Å². The molecule has 0 bridgehead atoms. The van der Waals surface area contributed by atoms with E-state index in [-0.39, 0.29) is 5.91 Å². The fraction of sp³-hybridized carbons (Fsp3) is 0.474. The highest BCUT2D eigenvalue weighted by Gasteiger charge is 2.25. The summed E-state index contributed by atoms with van der Waals surface area (Å²) >= 11 is 6.17. The Morgan fingerprint density at radius 3 is 2.71 bits per heavy atom. The quantitative estimate of drug-likeness (QED) is 0.845. The van der Waals surface area contributed by atoms with E-state index in [1.54, 1.807) is 0 Å². The first-order valence-electron chi connectivity index (χ1n) is 8.47. The molecular formula is C19H24ClN3O. The van der Waals surface area contributed by atoms with Crippen molar-refractivity contribution in [1.29, 1.82) is 0 Å². The second kappa shape index (κ2) is 6.60. The minimum atomic E-state index is 0.184. The number of carbonyl (C=O) groups excluding carboxylic acids is 1. The van der Waals surface area contributed by atoms with Gasteiger partial charge in [0.2, 0.25) is 5.91 Å². The highest BCUT2D eigenvalue weighted by Crippen LogP contribution is 2.34. The predicted molar refractivity (Wildman–Crippen MR) is 97.9 cm³/mol. The summed E-state index contributed by atoms with van der Waals surface area (Å²) < 4.78 is 1.89. The number of benzene rings is 1. The van der Waals surface area contributed by atoms with Gasteiger partial charge in [-0.15, -0.1) is 0 Å². The zero-order chi connectivity index (χ0) is 17.4. The maximum absolute atomic E-state index is 12.9. The van der Waals surface area contributed by atoms with Crippen molar-refractivity contribution >= 4 is 23.2 Å². The molecule has 0 unspecified atom stereocenters. The molecule has 4 nitrogen and oxygen atoms in total. The Kier molecular flexibility index (Phi) is 4.68. The minimum absolute atomic E-state index is 0.184. The average Bonchev–Trinajstić information content (AvgIpc) is 2.77. The Morgan fingerprint density at radius 2 is 2.04 bits per heavy atom. The van der Waals surface area contributed by atoms with Gasteiger partial charge in [0.25, 0.3) is 0 Å². The van der Waals surface area contributed by atoms with Crippen molar-refractivity contribution in [2.75, 3.05) is 11.4 Å². The van der Waals surface area contributed by atoms with Gasteiger partial charge in [-0.05, 0) is 68.9 Å². The third-order valence-corrected chi connectivity index (χ3v) is 5.21. The number of aryl methyl sites for hydroxylation is 4. The van der Waals surface area contributed by atoms with Gasteiger partial charge in [0.1, 0.15) is 0 Å². The Labute approximate surface area is 148 Å². The van der Waals surface area contributed by atoms with Crippen LogP contribution in [0.15, 0.2) is 12.1 Å². The molecule has 0 saturated carbocycles. The van der Waals surface area contributed by atoms with Gasteiger partial charge in [0, 0.05) is 36.4 Å². The molecule has 0 spiro atoms. The Morgan fingerprint density at radius 1 is 1.29 bits per heavy atom. The smallest absolute Gasteiger partial charge is 0.227 e. The lowest BCUT2D eigenvalue weighted by atomic mass is 9.97. The molecule has 0 saturated heterocycles. The molecule has 0 fully saturated rings. The van der Waals surface area contributed by atoms with Crippen molar-refractivity contribution in [2.45, 2.75) is 46.5 Å². The van der Waals surface area contributed by atoms with Gasteiger partial charge in [-0.3, -0.25) is 9.48 Å². The molecule has 1 amide bonds. The van der Waals surface area contributed by atoms with Crippen molar-refractivity contribution in [3.8, 4) is 0 Å². The summed E-state index contributed by atoms with van der Waals surface area (Å²) in [6.07, 6.45) is 3.22. The van der Waals surface area contributed by atoms with E-state index >= 15 is 0 Å². The molecule has 3 rings (SSSR count). The van der Waals surface area contributed by atoms with E-state index in [1.165, 1.54) is 11.1 Å². The molecule has 0 N–H and O–H groups in total. The van der Waals surface area contributed by atoms with Crippen LogP contribution in [-0.2, 0) is 24.7 Å². The lowest BCUT2D eigenvalue weighted by Gasteiger charge is -2.31. The van der Waals surface area contributed by atoms with Gasteiger partial charge in [-0.2, -0.15) is 5.10 Å². The van der Waals surface area contributed by atoms with E-state index < -0.39 is 0 Å². The van der Waals surface area contributed by atoms with Gasteiger partial charge in [-0.25, -0.2) is 0 Å². The van der Waals surface area contributed by atoms with E-state index in [0.29, 0.717) is 6.42 Å². The number of carbonyl (C=O) groups is 1. The van der Waals surface area contributed by atoms with E-state index in [0.717, 1.165) is 53.5 Å². The molecule has 1 aromatic heterocycles. The summed E-state index contributed by atoms with van der Waals surface area (Å²) in [5.41, 5.74) is 6.69. The van der Waals surface area contributed by atoms with Gasteiger partial charge >= 0.3 is 0 Å². The third-order valence-electron chi connectivity index (χ3n) is 4.99. The largest absolute Gasteiger partial charge is 0.312 e. The van der Waals surface area contributed by atoms with Crippen LogP contribution < -0.4 is 4.90 Å². The molecular weight excluding hydrogens is 322 g/mol. The maximum atomic E-state index is 12.9. The van der Waals surface area contributed by atoms with Gasteiger partial charge in [-0.1, -0.05) is 11.6 Å². The number of fused-ring (bicyclic) bond motifs is 1. The minimum Gasteiger partial charge on any atom is -0.312 e. The number of amides is 1. The van der Waals surface area contributed by atoms with Crippen molar-refractivity contribution in [3.05, 3.63) is 45.2 Å². The van der Waals surface area contributed by atoms with Gasteiger partial charge in [0.15, 0.2) is 0 Å². The number of aromatic nitrogens is 2. The van der Waals surface area contributed by atoms with Crippen LogP contribution in [0.1, 0.15) is 40.9 Å². The number of hydrogen-bond acceptors (Lipinski definition) is 2. The van der Waals surface area contributed by atoms with Crippen LogP contribution in [0.25, 0.3) is 0 Å². The zero-order valence-electron chi connectivity index (χ0n) is 14.8. The first kappa shape index (κ1) is 17.0. The zero-order valence-corrected chi connectivity index (χ0v) is 15.6. The summed E-state index contributed by atoms with van der Waals surface area (Å²) in [7, 11) is 1.95. The van der Waals surface area contributed by atoms with Gasteiger partial charge < -0.3 is 4.90 Å². The number of rotatable bonds is 3. The first-order chi connectivity index (χ1) is 11.4. The molecule has 1 aliphatic rings. The molecule has 2 heterocycles. The van der Waals surface area contributed by atoms with E-state index in [9.17, 15) is 4.79 Å². The van der Waals surface area contributed by atoms with E-state index in [4.69, 9.17) is 11.6 Å². The summed E-state index contributed by atoms with van der Waals surface area (Å²) in [5.74, 6) is 0.184. The normalized spacial score (nSPS) is 14.0. The molecule has 2 aromatic rings. The Balaban J connectivity index is 1.80. The SMILES string of the molecule is Cc1cc(Cl)cc2c1N(C(=O)CCc1c(C)nn(C)c1C)CCC2. The fourth-order valence-electron chi connectivity index (χ4n) is 3.72. The lowest BCUT2D eigenvalue weighted by Crippen LogP contribution is -2.36. The van der Waals surface area contributed by atoms with Crippen LogP contribution in [0.5, 0.6) is 0 Å². The molecule has 0 aliphatic carbocycles. The van der Waals surface area contributed by atoms with Crippen molar-refractivity contribution < 1.29 is 4.79 Å². The van der Waals surface area contributed by atoms with Crippen molar-refractivity contribution in [1.82, 2.24) is 9.78 Å². The summed E-state index contributed by atoms with van der Waals surface area (Å²) in [6.45, 7) is 6.89. The van der Waals surface area contributed by atoms with Crippen molar-refractivity contribution in [3.63, 3.8) is 0 Å². The molecule has 1 aliphatic heterocycles. The molecule has 0 radical (unpaired) electrons. The van der Waals surface area contributed by atoms with Crippen LogP contribution in [-0.4, -0.2) is 22.2 Å². The lowest BCUT2D eigenvalue weighted by molar-refractivity contribution is -0.118. The topological polar surface area (TPSA) is 38.1 Å². The Hall–Kier alpha value is -1.81. The molecule has 128 valence electrons. The third kappa shape index (κ3) is 3.07. The number of anilines is 1. The van der Waals surface area contributed by atoms with E-state index in [1.807, 2.05) is 42.6 Å². The van der Waals surface area contributed by atoms with E-state index in [2.05, 4.69) is 12.0 Å². The second-order valence-corrected chi connectivity index (χ2v) is 7.09. The fourth-order valence-corrected chi connectivity index (χ4v) is 4.01. The monoisotopic (exact) mass is 345 g/mol. The number of nitrogens with zero attached hydrogens (tertiary/aromatic N) is 3. The maximum Gasteiger partial charge on any atom is 0.227 e. The highest BCUT2D eigenvalue weighted by atomic mass is 35.5. The Bertz CT molecular complexity index is 794. The van der Waals surface area contributed by atoms with Crippen LogP contribution in [0.4, 0.5) is 5.69 Å². The van der Waals surface area contributed by atoms with Crippen LogP contribution in [0.2, 0.25) is 5.02 Å². The summed E-state index contributed by atoms with van der Waals surface area (Å²) in [4.78, 5) is 14.8. The average molecular weight is 346 g/mol. The molecule has 5 heteroatoms. The number of hydrogen-bond donors (Lipinski definition) is 0. The second-order valence-electron chi connectivity index (χ2n) is 6.65. The predicted octanol–water partition coefficient (Wildman–Crippen LogP) is 3.91. The molecule has 1 aromatic carbocycles. The molecule has 24 heavy (non-hydrogen) atoms. The molecule has 0 atom stereocenters. The van der Waals surface area contributed by atoms with Crippen molar-refractivity contribution in [2.24, 2.45) is 7.05 Å². The number of halogens is 1.